The van der Waals surface area contributed by atoms with Crippen molar-refractivity contribution in [1.82, 2.24) is 0 Å². The highest BCUT2D eigenvalue weighted by Gasteiger charge is 2.40. The molecular formula is C24H18ClFN2O3. The van der Waals surface area contributed by atoms with E-state index in [1.807, 2.05) is 6.92 Å². The molecule has 0 aliphatic carbocycles. The van der Waals surface area contributed by atoms with Gasteiger partial charge in [0, 0.05) is 10.7 Å². The average molecular weight is 437 g/mol. The summed E-state index contributed by atoms with van der Waals surface area (Å²) in [6.45, 7) is 2.42. The molecule has 0 atom stereocenters. The number of halogens is 2. The van der Waals surface area contributed by atoms with Gasteiger partial charge in [-0.05, 0) is 67.1 Å². The van der Waals surface area contributed by atoms with E-state index in [9.17, 15) is 14.0 Å². The van der Waals surface area contributed by atoms with Crippen molar-refractivity contribution < 1.29 is 18.7 Å². The molecule has 3 aromatic carbocycles. The summed E-state index contributed by atoms with van der Waals surface area (Å²) in [5, 5.41) is 3.45. The second-order valence-corrected chi connectivity index (χ2v) is 7.20. The number of carbonyl (C=O) groups excluding carboxylic acids is 2. The number of nitrogens with zero attached hydrogens (tertiary/aromatic N) is 1. The fourth-order valence-electron chi connectivity index (χ4n) is 3.33. The zero-order valence-electron chi connectivity index (χ0n) is 16.6. The molecule has 0 unspecified atom stereocenters. The van der Waals surface area contributed by atoms with Crippen molar-refractivity contribution in [1.29, 1.82) is 0 Å². The van der Waals surface area contributed by atoms with E-state index in [2.05, 4.69) is 5.32 Å². The SMILES string of the molecule is CCOc1ccc(NC2=C(c3ccc(F)cc3)C(=O)N(c3cccc(Cl)c3)C2=O)cc1. The molecule has 3 aromatic rings. The minimum atomic E-state index is -0.527. The molecule has 0 saturated carbocycles. The van der Waals surface area contributed by atoms with Crippen molar-refractivity contribution in [2.75, 3.05) is 16.8 Å². The van der Waals surface area contributed by atoms with Crippen LogP contribution in [0.3, 0.4) is 0 Å². The zero-order valence-corrected chi connectivity index (χ0v) is 17.3. The topological polar surface area (TPSA) is 58.6 Å². The van der Waals surface area contributed by atoms with E-state index >= 15 is 0 Å². The molecule has 0 radical (unpaired) electrons. The molecule has 4 rings (SSSR count). The molecule has 0 saturated heterocycles. The smallest absolute Gasteiger partial charge is 0.282 e. The lowest BCUT2D eigenvalue weighted by Gasteiger charge is -2.15. The van der Waals surface area contributed by atoms with Gasteiger partial charge < -0.3 is 10.1 Å². The minimum Gasteiger partial charge on any atom is -0.494 e. The maximum absolute atomic E-state index is 13.5. The molecule has 0 aromatic heterocycles. The quantitative estimate of drug-likeness (QED) is 0.534. The third kappa shape index (κ3) is 4.15. The summed E-state index contributed by atoms with van der Waals surface area (Å²) < 4.78 is 18.9. The van der Waals surface area contributed by atoms with Crippen LogP contribution in [-0.2, 0) is 9.59 Å². The number of ether oxygens (including phenoxy) is 1. The number of hydrogen-bond donors (Lipinski definition) is 1. The van der Waals surface area contributed by atoms with Crippen LogP contribution in [0.2, 0.25) is 5.02 Å². The van der Waals surface area contributed by atoms with Crippen LogP contribution in [-0.4, -0.2) is 18.4 Å². The molecular weight excluding hydrogens is 419 g/mol. The number of hydrogen-bond acceptors (Lipinski definition) is 4. The van der Waals surface area contributed by atoms with Crippen LogP contribution < -0.4 is 15.0 Å². The maximum atomic E-state index is 13.5. The van der Waals surface area contributed by atoms with Gasteiger partial charge in [0.1, 0.15) is 17.3 Å². The number of imide groups is 1. The third-order valence-corrected chi connectivity index (χ3v) is 4.95. The van der Waals surface area contributed by atoms with E-state index in [1.165, 1.54) is 24.3 Å². The Morgan fingerprint density at radius 3 is 2.32 bits per heavy atom. The van der Waals surface area contributed by atoms with Gasteiger partial charge in [-0.3, -0.25) is 9.59 Å². The van der Waals surface area contributed by atoms with Crippen LogP contribution >= 0.6 is 11.6 Å². The monoisotopic (exact) mass is 436 g/mol. The van der Waals surface area contributed by atoms with Gasteiger partial charge in [0.15, 0.2) is 0 Å². The van der Waals surface area contributed by atoms with Gasteiger partial charge in [-0.25, -0.2) is 9.29 Å². The zero-order chi connectivity index (χ0) is 22.0. The van der Waals surface area contributed by atoms with Gasteiger partial charge in [0.05, 0.1) is 17.9 Å². The highest BCUT2D eigenvalue weighted by molar-refractivity contribution is 6.46. The van der Waals surface area contributed by atoms with Crippen LogP contribution in [0, 0.1) is 5.82 Å². The molecule has 156 valence electrons. The Kier molecular flexibility index (Phi) is 5.73. The number of anilines is 2. The lowest BCUT2D eigenvalue weighted by molar-refractivity contribution is -0.120. The number of carbonyl (C=O) groups is 2. The Morgan fingerprint density at radius 2 is 1.68 bits per heavy atom. The number of benzene rings is 3. The Morgan fingerprint density at radius 1 is 0.968 bits per heavy atom. The highest BCUT2D eigenvalue weighted by Crippen LogP contribution is 2.34. The predicted octanol–water partition coefficient (Wildman–Crippen LogP) is 5.27. The van der Waals surface area contributed by atoms with Crippen molar-refractivity contribution >= 4 is 40.4 Å². The standard InChI is InChI=1S/C24H18ClFN2O3/c1-2-31-20-12-10-18(11-13-20)27-22-21(15-6-8-17(26)9-7-15)23(29)28(24(22)30)19-5-3-4-16(25)14-19/h3-14,27H,2H2,1H3. The highest BCUT2D eigenvalue weighted by atomic mass is 35.5. The molecule has 1 aliphatic rings. The molecule has 1 N–H and O–H groups in total. The number of amides is 2. The van der Waals surface area contributed by atoms with Crippen molar-refractivity contribution in [3.63, 3.8) is 0 Å². The first kappa shape index (κ1) is 20.6. The fraction of sp³-hybridized carbons (Fsp3) is 0.0833. The van der Waals surface area contributed by atoms with E-state index in [1.54, 1.807) is 48.5 Å². The van der Waals surface area contributed by atoms with Gasteiger partial charge in [0.2, 0.25) is 0 Å². The van der Waals surface area contributed by atoms with Crippen LogP contribution in [0.25, 0.3) is 5.57 Å². The predicted molar refractivity (Wildman–Crippen MR) is 118 cm³/mol. The first-order valence-electron chi connectivity index (χ1n) is 9.62. The summed E-state index contributed by atoms with van der Waals surface area (Å²) in [5.74, 6) is -0.795. The average Bonchev–Trinajstić information content (AvgIpc) is 3.00. The van der Waals surface area contributed by atoms with E-state index in [-0.39, 0.29) is 11.3 Å². The molecule has 1 aliphatic heterocycles. The van der Waals surface area contributed by atoms with Gasteiger partial charge in [-0.15, -0.1) is 0 Å². The van der Waals surface area contributed by atoms with Crippen LogP contribution in [0.15, 0.2) is 78.5 Å². The lowest BCUT2D eigenvalue weighted by Crippen LogP contribution is -2.32. The Bertz CT molecular complexity index is 1170. The molecule has 0 fully saturated rings. The van der Waals surface area contributed by atoms with E-state index in [0.29, 0.717) is 34.3 Å². The van der Waals surface area contributed by atoms with Gasteiger partial charge in [0.25, 0.3) is 11.8 Å². The molecule has 31 heavy (non-hydrogen) atoms. The van der Waals surface area contributed by atoms with Gasteiger partial charge >= 0.3 is 0 Å². The van der Waals surface area contributed by atoms with Crippen LogP contribution in [0.4, 0.5) is 15.8 Å². The maximum Gasteiger partial charge on any atom is 0.282 e. The van der Waals surface area contributed by atoms with Crippen LogP contribution in [0.5, 0.6) is 5.75 Å². The van der Waals surface area contributed by atoms with Crippen molar-refractivity contribution in [2.24, 2.45) is 0 Å². The number of rotatable bonds is 6. The van der Waals surface area contributed by atoms with Crippen molar-refractivity contribution in [3.8, 4) is 5.75 Å². The van der Waals surface area contributed by atoms with Gasteiger partial charge in [-0.1, -0.05) is 29.8 Å². The summed E-state index contributed by atoms with van der Waals surface area (Å²) in [5.41, 5.74) is 1.63. The summed E-state index contributed by atoms with van der Waals surface area (Å²) in [6, 6.07) is 18.9. The summed E-state index contributed by atoms with van der Waals surface area (Å²) >= 11 is 6.06. The fourth-order valence-corrected chi connectivity index (χ4v) is 3.51. The Hall–Kier alpha value is -3.64. The first-order chi connectivity index (χ1) is 15.0. The molecule has 7 heteroatoms. The lowest BCUT2D eigenvalue weighted by atomic mass is 10.0. The Labute approximate surface area is 183 Å². The summed E-state index contributed by atoms with van der Waals surface area (Å²) in [4.78, 5) is 27.7. The van der Waals surface area contributed by atoms with E-state index < -0.39 is 17.6 Å². The van der Waals surface area contributed by atoms with E-state index in [0.717, 1.165) is 4.90 Å². The number of nitrogens with one attached hydrogen (secondary N) is 1. The largest absolute Gasteiger partial charge is 0.494 e. The molecule has 1 heterocycles. The molecule has 0 spiro atoms. The normalized spacial score (nSPS) is 13.7. The van der Waals surface area contributed by atoms with Crippen LogP contribution in [0.1, 0.15) is 12.5 Å². The molecule has 0 bridgehead atoms. The Balaban J connectivity index is 1.76. The third-order valence-electron chi connectivity index (χ3n) is 4.72. The van der Waals surface area contributed by atoms with Crippen molar-refractivity contribution in [2.45, 2.75) is 6.92 Å². The van der Waals surface area contributed by atoms with E-state index in [4.69, 9.17) is 16.3 Å². The molecule has 5 nitrogen and oxygen atoms in total. The van der Waals surface area contributed by atoms with Gasteiger partial charge in [-0.2, -0.15) is 0 Å². The summed E-state index contributed by atoms with van der Waals surface area (Å²) in [7, 11) is 0. The first-order valence-corrected chi connectivity index (χ1v) is 10.00. The second-order valence-electron chi connectivity index (χ2n) is 6.76. The van der Waals surface area contributed by atoms with Crippen molar-refractivity contribution in [3.05, 3.63) is 94.9 Å². The minimum absolute atomic E-state index is 0.0979. The second kappa shape index (κ2) is 8.62. The summed E-state index contributed by atoms with van der Waals surface area (Å²) in [6.07, 6.45) is 0. The molecule has 2 amide bonds.